The summed E-state index contributed by atoms with van der Waals surface area (Å²) in [5.74, 6) is 1.48. The minimum absolute atomic E-state index is 0. The van der Waals surface area contributed by atoms with E-state index < -0.39 is 0 Å². The summed E-state index contributed by atoms with van der Waals surface area (Å²) < 4.78 is 0. The summed E-state index contributed by atoms with van der Waals surface area (Å²) >= 11 is 0. The predicted octanol–water partition coefficient (Wildman–Crippen LogP) is 9.87. The molecule has 0 fully saturated rings. The standard InChI is InChI=1S/C25H20N.C11H20O2.Ir/c1-15(2)17-8-9-20-22(14-17)19-6-4-5-7-21(19)25-24-18(10-11-26-25)12-16(3)13-23(20)24;1-8(2)5-10(12)7-11(13)6-9(3)4;/h4-6,8-15H,1-3H3;7-9,12H,5-6H2,1-4H3;/q-1;;/b;10-7-;. The van der Waals surface area contributed by atoms with Crippen LogP contribution in [0.2, 0.25) is 0 Å². The number of aliphatic hydroxyl groups excluding tert-OH is 1. The molecular formula is C36H40IrNO2-. The third-order valence-corrected chi connectivity index (χ3v) is 6.95. The Hall–Kier alpha value is -3.07. The van der Waals surface area contributed by atoms with E-state index in [1.165, 1.54) is 50.2 Å². The van der Waals surface area contributed by atoms with Crippen LogP contribution in [0.4, 0.5) is 0 Å². The molecule has 4 aromatic rings. The number of benzene rings is 3. The number of carbonyl (C=O) groups is 1. The SMILES string of the molecule is CC(C)CC(=O)/C=C(\O)CC(C)C.Cc1cc2c3c(nccc3c1)-c1[c-]cccc1-c1cc(C(C)C)ccc1-2.[Ir]. The van der Waals surface area contributed by atoms with Crippen molar-refractivity contribution < 1.29 is 30.0 Å². The number of allylic oxidation sites excluding steroid dienone is 2. The van der Waals surface area contributed by atoms with Crippen molar-refractivity contribution in [3.8, 4) is 33.5 Å². The Kier molecular flexibility index (Phi) is 10.6. The Morgan fingerprint density at radius 1 is 0.900 bits per heavy atom. The van der Waals surface area contributed by atoms with Gasteiger partial charge in [0, 0.05) is 45.2 Å². The molecule has 3 nitrogen and oxygen atoms in total. The van der Waals surface area contributed by atoms with E-state index in [2.05, 4.69) is 75.4 Å². The van der Waals surface area contributed by atoms with Crippen molar-refractivity contribution in [2.45, 2.75) is 67.2 Å². The molecule has 0 unspecified atom stereocenters. The molecule has 0 aliphatic heterocycles. The van der Waals surface area contributed by atoms with E-state index in [1.54, 1.807) is 0 Å². The number of aryl methyl sites for hydroxylation is 1. The third kappa shape index (κ3) is 7.16. The summed E-state index contributed by atoms with van der Waals surface area (Å²) in [5, 5.41) is 11.8. The van der Waals surface area contributed by atoms with E-state index >= 15 is 0 Å². The number of hydrogen-bond acceptors (Lipinski definition) is 3. The Morgan fingerprint density at radius 3 is 2.30 bits per heavy atom. The molecule has 0 spiro atoms. The van der Waals surface area contributed by atoms with E-state index in [0.717, 1.165) is 11.3 Å². The van der Waals surface area contributed by atoms with Crippen LogP contribution >= 0.6 is 0 Å². The van der Waals surface area contributed by atoms with E-state index in [9.17, 15) is 9.90 Å². The molecular weight excluding hydrogens is 671 g/mol. The fourth-order valence-electron chi connectivity index (χ4n) is 5.23. The van der Waals surface area contributed by atoms with E-state index in [1.807, 2.05) is 40.0 Å². The van der Waals surface area contributed by atoms with Crippen molar-refractivity contribution in [1.82, 2.24) is 4.98 Å². The number of aromatic nitrogens is 1. The molecule has 0 bridgehead atoms. The molecule has 1 N–H and O–H groups in total. The van der Waals surface area contributed by atoms with Gasteiger partial charge in [-0.25, -0.2) is 0 Å². The molecule has 40 heavy (non-hydrogen) atoms. The summed E-state index contributed by atoms with van der Waals surface area (Å²) in [7, 11) is 0. The van der Waals surface area contributed by atoms with Crippen molar-refractivity contribution in [3.63, 3.8) is 0 Å². The minimum atomic E-state index is 0. The molecule has 0 amide bonds. The zero-order valence-electron chi connectivity index (χ0n) is 24.6. The van der Waals surface area contributed by atoms with Gasteiger partial charge in [-0.1, -0.05) is 83.0 Å². The molecule has 1 aliphatic carbocycles. The second kappa shape index (κ2) is 13.5. The molecule has 0 atom stereocenters. The molecule has 1 aromatic heterocycles. The van der Waals surface area contributed by atoms with Crippen LogP contribution in [0.3, 0.4) is 0 Å². The van der Waals surface area contributed by atoms with Crippen LogP contribution in [0.1, 0.15) is 71.4 Å². The van der Waals surface area contributed by atoms with Crippen molar-refractivity contribution in [2.24, 2.45) is 11.8 Å². The second-order valence-electron chi connectivity index (χ2n) is 11.8. The molecule has 1 heterocycles. The van der Waals surface area contributed by atoms with Crippen LogP contribution in [-0.4, -0.2) is 15.9 Å². The van der Waals surface area contributed by atoms with Gasteiger partial charge in [-0.3, -0.25) is 4.79 Å². The maximum atomic E-state index is 11.2. The fourth-order valence-corrected chi connectivity index (χ4v) is 5.23. The van der Waals surface area contributed by atoms with Crippen molar-refractivity contribution in [3.05, 3.63) is 89.8 Å². The number of fused-ring (bicyclic) bond motifs is 5. The van der Waals surface area contributed by atoms with Gasteiger partial charge in [0.1, 0.15) is 0 Å². The summed E-state index contributed by atoms with van der Waals surface area (Å²) in [6.45, 7) is 14.7. The van der Waals surface area contributed by atoms with Crippen molar-refractivity contribution in [1.29, 1.82) is 0 Å². The molecule has 0 saturated carbocycles. The minimum Gasteiger partial charge on any atom is -0.512 e. The van der Waals surface area contributed by atoms with Gasteiger partial charge in [-0.05, 0) is 69.5 Å². The molecule has 1 radical (unpaired) electrons. The normalized spacial score (nSPS) is 11.9. The first-order chi connectivity index (χ1) is 18.5. The maximum absolute atomic E-state index is 11.2. The van der Waals surface area contributed by atoms with Gasteiger partial charge < -0.3 is 10.1 Å². The number of pyridine rings is 1. The largest absolute Gasteiger partial charge is 0.512 e. The second-order valence-corrected chi connectivity index (χ2v) is 11.8. The first-order valence-corrected chi connectivity index (χ1v) is 14.0. The summed E-state index contributed by atoms with van der Waals surface area (Å²) in [6, 6.07) is 23.3. The van der Waals surface area contributed by atoms with Crippen LogP contribution in [0.25, 0.3) is 44.3 Å². The predicted molar refractivity (Wildman–Crippen MR) is 164 cm³/mol. The number of aliphatic hydroxyl groups is 1. The number of nitrogens with zero attached hydrogens (tertiary/aromatic N) is 1. The molecule has 4 heteroatoms. The van der Waals surface area contributed by atoms with Gasteiger partial charge in [0.15, 0.2) is 5.78 Å². The average molecular weight is 711 g/mol. The molecule has 211 valence electrons. The van der Waals surface area contributed by atoms with Crippen LogP contribution in [0.15, 0.2) is 72.6 Å². The summed E-state index contributed by atoms with van der Waals surface area (Å²) in [6.07, 6.45) is 4.38. The number of rotatable bonds is 6. The van der Waals surface area contributed by atoms with E-state index in [-0.39, 0.29) is 31.6 Å². The van der Waals surface area contributed by atoms with Gasteiger partial charge in [0.25, 0.3) is 0 Å². The topological polar surface area (TPSA) is 50.2 Å². The Balaban J connectivity index is 0.000000272. The summed E-state index contributed by atoms with van der Waals surface area (Å²) in [4.78, 5) is 16.0. The first kappa shape index (κ1) is 31.5. The Bertz CT molecular complexity index is 1530. The van der Waals surface area contributed by atoms with E-state index in [0.29, 0.717) is 30.6 Å². The Morgan fingerprint density at radius 2 is 1.62 bits per heavy atom. The number of ketones is 1. The van der Waals surface area contributed by atoms with Crippen molar-refractivity contribution >= 4 is 16.6 Å². The van der Waals surface area contributed by atoms with Gasteiger partial charge in [0.05, 0.1) is 5.76 Å². The van der Waals surface area contributed by atoms with Gasteiger partial charge >= 0.3 is 0 Å². The molecule has 1 aliphatic rings. The van der Waals surface area contributed by atoms with Crippen LogP contribution < -0.4 is 0 Å². The fraction of sp³-hybridized carbons (Fsp3) is 0.333. The van der Waals surface area contributed by atoms with Gasteiger partial charge in [-0.2, -0.15) is 0 Å². The third-order valence-electron chi connectivity index (χ3n) is 6.95. The van der Waals surface area contributed by atoms with E-state index in [4.69, 9.17) is 4.98 Å². The monoisotopic (exact) mass is 711 g/mol. The van der Waals surface area contributed by atoms with Gasteiger partial charge in [-0.15, -0.1) is 29.8 Å². The number of carbonyl (C=O) groups excluding carboxylic acids is 1. The van der Waals surface area contributed by atoms with Crippen LogP contribution in [-0.2, 0) is 24.9 Å². The average Bonchev–Trinajstić information content (AvgIpc) is 2.97. The summed E-state index contributed by atoms with van der Waals surface area (Å²) in [5.41, 5.74) is 9.85. The van der Waals surface area contributed by atoms with Gasteiger partial charge in [0.2, 0.25) is 0 Å². The zero-order chi connectivity index (χ0) is 28.3. The zero-order valence-corrected chi connectivity index (χ0v) is 27.0. The molecule has 0 saturated heterocycles. The number of hydrogen-bond donors (Lipinski definition) is 1. The Labute approximate surface area is 253 Å². The molecule has 3 aromatic carbocycles. The van der Waals surface area contributed by atoms with Crippen LogP contribution in [0, 0.1) is 24.8 Å². The van der Waals surface area contributed by atoms with Crippen LogP contribution in [0.5, 0.6) is 0 Å². The smallest absolute Gasteiger partial charge is 0.159 e. The maximum Gasteiger partial charge on any atom is 0.159 e. The quantitative estimate of drug-likeness (QED) is 0.108. The molecule has 5 rings (SSSR count). The first-order valence-electron chi connectivity index (χ1n) is 14.0. The van der Waals surface area contributed by atoms with Crippen molar-refractivity contribution in [2.75, 3.05) is 0 Å².